The summed E-state index contributed by atoms with van der Waals surface area (Å²) in [4.78, 5) is 10.1. The maximum absolute atomic E-state index is 6.22. The number of aliphatic imine (C=N–C) groups is 2. The molecular formula is C34H36N2O2. The number of nitrogens with zero attached hydrogens (tertiary/aromatic N) is 2. The fourth-order valence-electron chi connectivity index (χ4n) is 5.42. The van der Waals surface area contributed by atoms with Crippen molar-refractivity contribution in [1.82, 2.24) is 0 Å². The third kappa shape index (κ3) is 4.26. The van der Waals surface area contributed by atoms with Crippen LogP contribution in [0, 0.1) is 10.8 Å². The van der Waals surface area contributed by atoms with Crippen LogP contribution in [0.15, 0.2) is 82.8 Å². The van der Waals surface area contributed by atoms with Gasteiger partial charge in [-0.1, -0.05) is 102 Å². The predicted molar refractivity (Wildman–Crippen MR) is 158 cm³/mol. The van der Waals surface area contributed by atoms with Crippen molar-refractivity contribution in [3.8, 4) is 11.1 Å². The lowest BCUT2D eigenvalue weighted by molar-refractivity contribution is 0.235. The smallest absolute Gasteiger partial charge is 0.217 e. The van der Waals surface area contributed by atoms with Gasteiger partial charge >= 0.3 is 0 Å². The summed E-state index contributed by atoms with van der Waals surface area (Å²) < 4.78 is 12.4. The minimum absolute atomic E-state index is 0.0482. The molecule has 2 heterocycles. The van der Waals surface area contributed by atoms with Crippen molar-refractivity contribution >= 4 is 33.3 Å². The Morgan fingerprint density at radius 2 is 0.868 bits per heavy atom. The van der Waals surface area contributed by atoms with Crippen molar-refractivity contribution < 1.29 is 9.47 Å². The quantitative estimate of drug-likeness (QED) is 0.283. The van der Waals surface area contributed by atoms with Gasteiger partial charge in [0.1, 0.15) is 13.2 Å². The summed E-state index contributed by atoms with van der Waals surface area (Å²) >= 11 is 0. The fourth-order valence-corrected chi connectivity index (χ4v) is 5.42. The van der Waals surface area contributed by atoms with Crippen LogP contribution in [0.2, 0.25) is 0 Å². The Balaban J connectivity index is 1.58. The Kier molecular flexibility index (Phi) is 5.82. The number of benzene rings is 4. The van der Waals surface area contributed by atoms with E-state index in [1.807, 2.05) is 0 Å². The fraction of sp³-hybridized carbons (Fsp3) is 0.353. The lowest BCUT2D eigenvalue weighted by Crippen LogP contribution is -2.25. The minimum Gasteiger partial charge on any atom is -0.475 e. The molecule has 0 radical (unpaired) electrons. The molecule has 0 unspecified atom stereocenters. The van der Waals surface area contributed by atoms with Gasteiger partial charge in [0.2, 0.25) is 11.8 Å². The molecule has 2 atom stereocenters. The van der Waals surface area contributed by atoms with Crippen LogP contribution >= 0.6 is 0 Å². The summed E-state index contributed by atoms with van der Waals surface area (Å²) in [6, 6.07) is 26.1. The summed E-state index contributed by atoms with van der Waals surface area (Å²) in [5.74, 6) is 1.47. The van der Waals surface area contributed by atoms with E-state index in [1.165, 1.54) is 10.8 Å². The molecule has 4 heteroatoms. The molecule has 4 aromatic carbocycles. The number of hydrogen-bond acceptors (Lipinski definition) is 4. The summed E-state index contributed by atoms with van der Waals surface area (Å²) in [7, 11) is 0. The summed E-state index contributed by atoms with van der Waals surface area (Å²) in [5.41, 5.74) is 4.50. The first-order valence-corrected chi connectivity index (χ1v) is 13.6. The van der Waals surface area contributed by atoms with Crippen molar-refractivity contribution in [2.24, 2.45) is 20.8 Å². The average molecular weight is 505 g/mol. The molecule has 38 heavy (non-hydrogen) atoms. The zero-order valence-electron chi connectivity index (χ0n) is 23.2. The molecule has 0 bridgehead atoms. The first-order chi connectivity index (χ1) is 18.1. The average Bonchev–Trinajstić information content (AvgIpc) is 3.58. The largest absolute Gasteiger partial charge is 0.475 e. The van der Waals surface area contributed by atoms with Gasteiger partial charge < -0.3 is 9.47 Å². The van der Waals surface area contributed by atoms with Crippen LogP contribution in [0.3, 0.4) is 0 Å². The monoisotopic (exact) mass is 504 g/mol. The summed E-state index contributed by atoms with van der Waals surface area (Å²) in [6.45, 7) is 14.5. The number of rotatable bonds is 3. The minimum atomic E-state index is 0.0482. The molecule has 194 valence electrons. The van der Waals surface area contributed by atoms with E-state index in [4.69, 9.17) is 19.5 Å². The Morgan fingerprint density at radius 3 is 1.18 bits per heavy atom. The molecule has 0 spiro atoms. The van der Waals surface area contributed by atoms with Gasteiger partial charge in [-0.3, -0.25) is 0 Å². The molecule has 6 rings (SSSR count). The van der Waals surface area contributed by atoms with Gasteiger partial charge in [0, 0.05) is 21.9 Å². The normalized spacial score (nSPS) is 19.8. The third-order valence-corrected chi connectivity index (χ3v) is 7.86. The molecule has 0 saturated carbocycles. The van der Waals surface area contributed by atoms with Crippen LogP contribution in [-0.2, 0) is 9.47 Å². The molecule has 2 aliphatic heterocycles. The maximum Gasteiger partial charge on any atom is 0.217 e. The van der Waals surface area contributed by atoms with Gasteiger partial charge in [0.25, 0.3) is 0 Å². The summed E-state index contributed by atoms with van der Waals surface area (Å²) in [5, 5.41) is 4.66. The Labute approximate surface area is 225 Å². The highest BCUT2D eigenvalue weighted by molar-refractivity contribution is 6.18. The molecule has 0 saturated heterocycles. The van der Waals surface area contributed by atoms with E-state index in [0.717, 1.165) is 44.8 Å². The van der Waals surface area contributed by atoms with E-state index >= 15 is 0 Å². The molecule has 4 nitrogen and oxygen atoms in total. The molecule has 4 aromatic rings. The van der Waals surface area contributed by atoms with Crippen LogP contribution in [0.1, 0.15) is 52.7 Å². The van der Waals surface area contributed by atoms with Crippen molar-refractivity contribution in [3.63, 3.8) is 0 Å². The first kappa shape index (κ1) is 24.7. The van der Waals surface area contributed by atoms with Crippen molar-refractivity contribution in [2.45, 2.75) is 53.6 Å². The molecular weight excluding hydrogens is 468 g/mol. The van der Waals surface area contributed by atoms with Gasteiger partial charge in [-0.25, -0.2) is 9.98 Å². The Hall–Kier alpha value is -3.66. The van der Waals surface area contributed by atoms with Crippen LogP contribution in [0.5, 0.6) is 0 Å². The van der Waals surface area contributed by atoms with Gasteiger partial charge in [-0.2, -0.15) is 0 Å². The highest BCUT2D eigenvalue weighted by atomic mass is 16.5. The van der Waals surface area contributed by atoms with Gasteiger partial charge in [0.15, 0.2) is 0 Å². The highest BCUT2D eigenvalue weighted by Gasteiger charge is 2.33. The standard InChI is InChI=1S/C34H36N2O2/c1-33(2,3)27-19-37-31(35-27)25-17-9-13-21-11-7-15-23(29(21)25)24-16-8-12-22-14-10-18-26(30(22)24)32-36-28(20-38-32)34(4,5)6/h7-18,27-28H,19-20H2,1-6H3/t27-,28-/m1/s1. The number of ether oxygens (including phenoxy) is 2. The summed E-state index contributed by atoms with van der Waals surface area (Å²) in [6.07, 6.45) is 0. The Morgan fingerprint density at radius 1 is 0.526 bits per heavy atom. The van der Waals surface area contributed by atoms with Gasteiger partial charge in [-0.15, -0.1) is 0 Å². The van der Waals surface area contributed by atoms with Crippen LogP contribution in [0.25, 0.3) is 32.7 Å². The second kappa shape index (κ2) is 8.97. The van der Waals surface area contributed by atoms with E-state index in [0.29, 0.717) is 13.2 Å². The van der Waals surface area contributed by atoms with E-state index in [2.05, 4.69) is 114 Å². The van der Waals surface area contributed by atoms with E-state index in [1.54, 1.807) is 0 Å². The molecule has 0 fully saturated rings. The lowest BCUT2D eigenvalue weighted by Gasteiger charge is -2.21. The molecule has 0 aromatic heterocycles. The van der Waals surface area contributed by atoms with E-state index < -0.39 is 0 Å². The van der Waals surface area contributed by atoms with Crippen molar-refractivity contribution in [2.75, 3.05) is 13.2 Å². The van der Waals surface area contributed by atoms with Crippen molar-refractivity contribution in [3.05, 3.63) is 83.9 Å². The molecule has 2 aliphatic rings. The molecule has 0 aliphatic carbocycles. The molecule has 0 N–H and O–H groups in total. The van der Waals surface area contributed by atoms with E-state index in [9.17, 15) is 0 Å². The zero-order valence-corrected chi connectivity index (χ0v) is 23.2. The SMILES string of the molecule is CC(C)(C)[C@H]1COC(c2cccc3cccc(-c4cccc5cccc(C6=N[C@@H](C(C)(C)C)CO6)c45)c23)=N1. The van der Waals surface area contributed by atoms with Gasteiger partial charge in [-0.05, 0) is 44.9 Å². The van der Waals surface area contributed by atoms with Crippen LogP contribution < -0.4 is 0 Å². The van der Waals surface area contributed by atoms with E-state index in [-0.39, 0.29) is 22.9 Å². The van der Waals surface area contributed by atoms with Crippen molar-refractivity contribution in [1.29, 1.82) is 0 Å². The number of fused-ring (bicyclic) bond motifs is 2. The lowest BCUT2D eigenvalue weighted by atomic mass is 9.88. The Bertz CT molecular complexity index is 1470. The zero-order chi connectivity index (χ0) is 26.7. The third-order valence-electron chi connectivity index (χ3n) is 7.86. The van der Waals surface area contributed by atoms with Crippen LogP contribution in [0.4, 0.5) is 0 Å². The molecule has 0 amide bonds. The second-order valence-corrected chi connectivity index (χ2v) is 12.7. The van der Waals surface area contributed by atoms with Crippen LogP contribution in [-0.4, -0.2) is 37.1 Å². The van der Waals surface area contributed by atoms with Gasteiger partial charge in [0.05, 0.1) is 12.1 Å². The topological polar surface area (TPSA) is 43.2 Å². The number of hydrogen-bond donors (Lipinski definition) is 0. The first-order valence-electron chi connectivity index (χ1n) is 13.6. The second-order valence-electron chi connectivity index (χ2n) is 12.7. The maximum atomic E-state index is 6.22. The highest BCUT2D eigenvalue weighted by Crippen LogP contribution is 2.39. The predicted octanol–water partition coefficient (Wildman–Crippen LogP) is 8.04.